The molecule has 3 heterocycles. The lowest BCUT2D eigenvalue weighted by atomic mass is 10.1. The van der Waals surface area contributed by atoms with Gasteiger partial charge < -0.3 is 23.7 Å². The Morgan fingerprint density at radius 1 is 0.944 bits per heavy atom. The fraction of sp³-hybridized carbons (Fsp3) is 1.00. The second-order valence-electron chi connectivity index (χ2n) is 5.88. The normalized spacial score (nSPS) is 49.5. The van der Waals surface area contributed by atoms with Crippen LogP contribution in [0.2, 0.25) is 0 Å². The number of hydrogen-bond donors (Lipinski definition) is 0. The van der Waals surface area contributed by atoms with Gasteiger partial charge in [0.25, 0.3) is 0 Å². The number of rotatable bonds is 1. The molecule has 3 aliphatic heterocycles. The molecule has 0 spiro atoms. The molecule has 3 rings (SSSR count). The average Bonchev–Trinajstić information content (AvgIpc) is 2.81. The maximum atomic E-state index is 6.41. The van der Waals surface area contributed by atoms with Crippen molar-refractivity contribution in [2.75, 3.05) is 6.61 Å². The predicted molar refractivity (Wildman–Crippen MR) is 63.2 cm³/mol. The molecule has 6 heteroatoms. The first-order chi connectivity index (χ1) is 8.27. The van der Waals surface area contributed by atoms with Gasteiger partial charge in [-0.25, -0.2) is 0 Å². The Kier molecular flexibility index (Phi) is 2.94. The largest absolute Gasteiger partial charge is 0.348 e. The lowest BCUT2D eigenvalue weighted by Crippen LogP contribution is -2.39. The average molecular weight is 279 g/mol. The van der Waals surface area contributed by atoms with E-state index >= 15 is 0 Å². The molecule has 0 aliphatic carbocycles. The highest BCUT2D eigenvalue weighted by Crippen LogP contribution is 2.42. The SMILES string of the molecule is CC1(C)O[C@@H]2O[C@H]([C@H]3COC(C)(C)O3)[C@H](Cl)[C@@H]2O1. The van der Waals surface area contributed by atoms with Crippen molar-refractivity contribution in [1.29, 1.82) is 0 Å². The summed E-state index contributed by atoms with van der Waals surface area (Å²) in [6, 6.07) is 0. The summed E-state index contributed by atoms with van der Waals surface area (Å²) in [5.41, 5.74) is 0. The van der Waals surface area contributed by atoms with Crippen LogP contribution in [0.15, 0.2) is 0 Å². The topological polar surface area (TPSA) is 46.2 Å². The summed E-state index contributed by atoms with van der Waals surface area (Å²) in [5, 5.41) is -0.292. The van der Waals surface area contributed by atoms with E-state index in [2.05, 4.69) is 0 Å². The molecule has 3 fully saturated rings. The first-order valence-electron chi connectivity index (χ1n) is 6.24. The molecule has 3 saturated heterocycles. The highest BCUT2D eigenvalue weighted by atomic mass is 35.5. The van der Waals surface area contributed by atoms with E-state index in [9.17, 15) is 0 Å². The van der Waals surface area contributed by atoms with E-state index in [1.807, 2.05) is 27.7 Å². The minimum Gasteiger partial charge on any atom is -0.348 e. The van der Waals surface area contributed by atoms with Gasteiger partial charge in [-0.2, -0.15) is 0 Å². The Morgan fingerprint density at radius 3 is 2.22 bits per heavy atom. The van der Waals surface area contributed by atoms with E-state index in [0.29, 0.717) is 6.61 Å². The molecule has 0 radical (unpaired) electrons. The van der Waals surface area contributed by atoms with Crippen LogP contribution in [0.25, 0.3) is 0 Å². The molecular weight excluding hydrogens is 260 g/mol. The van der Waals surface area contributed by atoms with Gasteiger partial charge in [0.2, 0.25) is 0 Å². The number of fused-ring (bicyclic) bond motifs is 1. The molecule has 5 nitrogen and oxygen atoms in total. The Bertz CT molecular complexity index is 345. The second kappa shape index (κ2) is 4.04. The van der Waals surface area contributed by atoms with Crippen molar-refractivity contribution in [2.45, 2.75) is 69.2 Å². The Labute approximate surface area is 112 Å². The highest BCUT2D eigenvalue weighted by Gasteiger charge is 2.57. The third-order valence-corrected chi connectivity index (χ3v) is 3.90. The highest BCUT2D eigenvalue weighted by molar-refractivity contribution is 6.21. The molecule has 0 N–H and O–H groups in total. The molecule has 0 aromatic carbocycles. The van der Waals surface area contributed by atoms with E-state index < -0.39 is 17.9 Å². The van der Waals surface area contributed by atoms with E-state index in [0.717, 1.165) is 0 Å². The smallest absolute Gasteiger partial charge is 0.189 e. The summed E-state index contributed by atoms with van der Waals surface area (Å²) in [4.78, 5) is 0. The zero-order valence-electron chi connectivity index (χ0n) is 11.0. The van der Waals surface area contributed by atoms with E-state index in [1.54, 1.807) is 0 Å². The van der Waals surface area contributed by atoms with Gasteiger partial charge in [-0.05, 0) is 27.7 Å². The van der Waals surface area contributed by atoms with Crippen molar-refractivity contribution < 1.29 is 23.7 Å². The van der Waals surface area contributed by atoms with Gasteiger partial charge in [0.05, 0.1) is 12.0 Å². The number of halogens is 1. The molecule has 0 amide bonds. The lowest BCUT2D eigenvalue weighted by Gasteiger charge is -2.26. The van der Waals surface area contributed by atoms with Gasteiger partial charge in [0.1, 0.15) is 18.3 Å². The van der Waals surface area contributed by atoms with Crippen LogP contribution in [0.3, 0.4) is 0 Å². The van der Waals surface area contributed by atoms with Gasteiger partial charge >= 0.3 is 0 Å². The van der Waals surface area contributed by atoms with Crippen LogP contribution in [0.4, 0.5) is 0 Å². The standard InChI is InChI=1S/C12H19ClO5/c1-11(2)14-5-6(16-11)8-7(13)9-10(15-8)18-12(3,4)17-9/h6-10H,5H2,1-4H3/t6-,7+,8-,9+,10+/m1/s1. The summed E-state index contributed by atoms with van der Waals surface area (Å²) in [7, 11) is 0. The molecule has 0 unspecified atom stereocenters. The summed E-state index contributed by atoms with van der Waals surface area (Å²) in [6.07, 6.45) is -1.11. The maximum Gasteiger partial charge on any atom is 0.189 e. The van der Waals surface area contributed by atoms with Gasteiger partial charge in [-0.1, -0.05) is 0 Å². The number of alkyl halides is 1. The van der Waals surface area contributed by atoms with E-state index in [4.69, 9.17) is 35.3 Å². The first kappa shape index (κ1) is 13.1. The molecule has 0 saturated carbocycles. The van der Waals surface area contributed by atoms with Gasteiger partial charge in [-0.15, -0.1) is 11.6 Å². The predicted octanol–water partition coefficient (Wildman–Crippen LogP) is 1.62. The van der Waals surface area contributed by atoms with Crippen LogP contribution in [0.1, 0.15) is 27.7 Å². The molecule has 3 aliphatic rings. The van der Waals surface area contributed by atoms with Crippen molar-refractivity contribution in [1.82, 2.24) is 0 Å². The minimum absolute atomic E-state index is 0.177. The van der Waals surface area contributed by atoms with Gasteiger partial charge in [0.15, 0.2) is 17.9 Å². The fourth-order valence-electron chi connectivity index (χ4n) is 2.67. The van der Waals surface area contributed by atoms with Crippen LogP contribution in [0.5, 0.6) is 0 Å². The van der Waals surface area contributed by atoms with Crippen LogP contribution in [-0.2, 0) is 23.7 Å². The molecule has 0 bridgehead atoms. The third kappa shape index (κ3) is 2.17. The van der Waals surface area contributed by atoms with Crippen LogP contribution in [-0.4, -0.2) is 48.2 Å². The fourth-order valence-corrected chi connectivity index (χ4v) is 3.06. The molecular formula is C12H19ClO5. The number of ether oxygens (including phenoxy) is 5. The Morgan fingerprint density at radius 2 is 1.67 bits per heavy atom. The Balaban J connectivity index is 1.68. The maximum absolute atomic E-state index is 6.41. The van der Waals surface area contributed by atoms with Crippen molar-refractivity contribution in [2.24, 2.45) is 0 Å². The van der Waals surface area contributed by atoms with Crippen LogP contribution in [0, 0.1) is 0 Å². The van der Waals surface area contributed by atoms with Crippen molar-refractivity contribution >= 4 is 11.6 Å². The monoisotopic (exact) mass is 278 g/mol. The van der Waals surface area contributed by atoms with Crippen molar-refractivity contribution in [3.8, 4) is 0 Å². The Hall–Kier alpha value is 0.0900. The van der Waals surface area contributed by atoms with E-state index in [-0.39, 0.29) is 23.7 Å². The molecule has 5 atom stereocenters. The number of hydrogen-bond acceptors (Lipinski definition) is 5. The van der Waals surface area contributed by atoms with Gasteiger partial charge in [0, 0.05) is 0 Å². The second-order valence-corrected chi connectivity index (χ2v) is 6.38. The van der Waals surface area contributed by atoms with Crippen LogP contribution < -0.4 is 0 Å². The molecule has 104 valence electrons. The summed E-state index contributed by atoms with van der Waals surface area (Å²) in [5.74, 6) is -1.22. The first-order valence-corrected chi connectivity index (χ1v) is 6.68. The van der Waals surface area contributed by atoms with Crippen LogP contribution >= 0.6 is 11.6 Å². The molecule has 0 aromatic heterocycles. The summed E-state index contributed by atoms with van der Waals surface area (Å²) < 4.78 is 28.5. The van der Waals surface area contributed by atoms with Crippen molar-refractivity contribution in [3.63, 3.8) is 0 Å². The van der Waals surface area contributed by atoms with Crippen molar-refractivity contribution in [3.05, 3.63) is 0 Å². The third-order valence-electron chi connectivity index (χ3n) is 3.40. The zero-order chi connectivity index (χ0) is 13.1. The minimum atomic E-state index is -0.639. The summed E-state index contributed by atoms with van der Waals surface area (Å²) in [6.45, 7) is 7.94. The molecule has 0 aromatic rings. The molecule has 18 heavy (non-hydrogen) atoms. The zero-order valence-corrected chi connectivity index (χ0v) is 11.8. The quantitative estimate of drug-likeness (QED) is 0.682. The summed E-state index contributed by atoms with van der Waals surface area (Å²) >= 11 is 6.41. The lowest BCUT2D eigenvalue weighted by molar-refractivity contribution is -0.220. The van der Waals surface area contributed by atoms with Gasteiger partial charge in [-0.3, -0.25) is 0 Å². The van der Waals surface area contributed by atoms with E-state index in [1.165, 1.54) is 0 Å².